The third-order valence-electron chi connectivity index (χ3n) is 0.840. The van der Waals surface area contributed by atoms with Crippen LogP contribution in [0.2, 0.25) is 0 Å². The van der Waals surface area contributed by atoms with Gasteiger partial charge in [0.1, 0.15) is 0 Å². The second kappa shape index (κ2) is 4.97. The monoisotopic (exact) mass is 235 g/mol. The second-order valence-corrected chi connectivity index (χ2v) is 4.18. The summed E-state index contributed by atoms with van der Waals surface area (Å²) in [6, 6.07) is 0. The van der Waals surface area contributed by atoms with Crippen molar-refractivity contribution in [3.8, 4) is 0 Å². The first-order chi connectivity index (χ1) is 5.38. The number of ether oxygens (including phenoxy) is 1. The van der Waals surface area contributed by atoms with Gasteiger partial charge < -0.3 is 9.84 Å². The van der Waals surface area contributed by atoms with Gasteiger partial charge >= 0.3 is 6.09 Å². The Bertz CT molecular complexity index is 159. The summed E-state index contributed by atoms with van der Waals surface area (Å²) in [5.74, 6) is 0. The molecule has 0 bridgehead atoms. The summed E-state index contributed by atoms with van der Waals surface area (Å²) >= 11 is 15.7. The lowest BCUT2D eigenvalue weighted by Crippen LogP contribution is -2.43. The molecule has 0 aliphatic heterocycles. The fourth-order valence-electron chi connectivity index (χ4n) is 0.366. The molecular weight excluding hydrogens is 228 g/mol. The van der Waals surface area contributed by atoms with Gasteiger partial charge in [-0.15, -0.1) is 0 Å². The molecule has 0 aromatic rings. The van der Waals surface area contributed by atoms with Gasteiger partial charge in [0.05, 0.1) is 6.61 Å². The van der Waals surface area contributed by atoms with Crippen molar-refractivity contribution in [2.24, 2.45) is 0 Å². The highest BCUT2D eigenvalue weighted by molar-refractivity contribution is 6.68. The molecule has 0 rings (SSSR count). The average Bonchev–Trinajstić information content (AvgIpc) is 1.85. The van der Waals surface area contributed by atoms with Gasteiger partial charge in [-0.25, -0.2) is 4.79 Å². The van der Waals surface area contributed by atoms with Crippen LogP contribution in [0, 0.1) is 0 Å². The molecule has 0 aliphatic carbocycles. The maximum Gasteiger partial charge on any atom is 0.409 e. The lowest BCUT2D eigenvalue weighted by molar-refractivity contribution is 0.103. The Balaban J connectivity index is 3.84. The van der Waals surface area contributed by atoms with Gasteiger partial charge in [-0.2, -0.15) is 0 Å². The summed E-state index contributed by atoms with van der Waals surface area (Å²) in [5.41, 5.74) is 0. The van der Waals surface area contributed by atoms with Crippen molar-refractivity contribution in [3.63, 3.8) is 0 Å². The summed E-state index contributed by atoms with van der Waals surface area (Å²) < 4.78 is 2.47. The number of amides is 1. The fraction of sp³-hybridized carbons (Fsp3) is 0.800. The van der Waals surface area contributed by atoms with E-state index in [0.717, 1.165) is 0 Å². The quantitative estimate of drug-likeness (QED) is 0.563. The van der Waals surface area contributed by atoms with E-state index < -0.39 is 16.1 Å². The highest BCUT2D eigenvalue weighted by Crippen LogP contribution is 2.28. The standard InChI is InChI=1S/C5H8Cl3NO3/c1-2-12-4(11)9-3(10)5(6,7)8/h3,10H,2H2,1H3,(H,9,11)/t3-/m1/s1. The Morgan fingerprint density at radius 2 is 2.17 bits per heavy atom. The maximum atomic E-state index is 10.6. The van der Waals surface area contributed by atoms with E-state index in [1.165, 1.54) is 0 Å². The number of alkyl halides is 3. The lowest BCUT2D eigenvalue weighted by atomic mass is 10.6. The molecule has 0 spiro atoms. The minimum atomic E-state index is -1.95. The van der Waals surface area contributed by atoms with E-state index in [9.17, 15) is 4.79 Å². The largest absolute Gasteiger partial charge is 0.450 e. The van der Waals surface area contributed by atoms with Crippen LogP contribution in [0.4, 0.5) is 4.79 Å². The number of aliphatic hydroxyl groups is 1. The Hall–Kier alpha value is 0.1000. The van der Waals surface area contributed by atoms with Crippen molar-refractivity contribution < 1.29 is 14.6 Å². The van der Waals surface area contributed by atoms with E-state index in [1.54, 1.807) is 6.92 Å². The van der Waals surface area contributed by atoms with Crippen LogP contribution in [-0.2, 0) is 4.74 Å². The zero-order valence-corrected chi connectivity index (χ0v) is 8.45. The zero-order chi connectivity index (χ0) is 9.78. The van der Waals surface area contributed by atoms with E-state index in [-0.39, 0.29) is 6.61 Å². The van der Waals surface area contributed by atoms with E-state index in [0.29, 0.717) is 0 Å². The number of halogens is 3. The number of hydrogen-bond donors (Lipinski definition) is 2. The van der Waals surface area contributed by atoms with Gasteiger partial charge in [0.15, 0.2) is 6.23 Å². The van der Waals surface area contributed by atoms with Crippen molar-refractivity contribution in [1.29, 1.82) is 0 Å². The Morgan fingerprint density at radius 3 is 2.50 bits per heavy atom. The van der Waals surface area contributed by atoms with Crippen LogP contribution >= 0.6 is 34.8 Å². The molecule has 0 saturated carbocycles. The molecule has 72 valence electrons. The summed E-state index contributed by atoms with van der Waals surface area (Å²) in [5, 5.41) is 10.9. The van der Waals surface area contributed by atoms with E-state index >= 15 is 0 Å². The van der Waals surface area contributed by atoms with Crippen LogP contribution in [-0.4, -0.2) is 27.8 Å². The summed E-state index contributed by atoms with van der Waals surface area (Å²) in [7, 11) is 0. The number of nitrogens with one attached hydrogen (secondary N) is 1. The van der Waals surface area contributed by atoms with Gasteiger partial charge in [-0.05, 0) is 6.92 Å². The number of carbonyl (C=O) groups is 1. The van der Waals surface area contributed by atoms with Crippen molar-refractivity contribution in [2.75, 3.05) is 6.61 Å². The molecule has 0 heterocycles. The van der Waals surface area contributed by atoms with Crippen molar-refractivity contribution >= 4 is 40.9 Å². The number of rotatable bonds is 2. The summed E-state index contributed by atoms with van der Waals surface area (Å²) in [4.78, 5) is 10.6. The van der Waals surface area contributed by atoms with Crippen LogP contribution in [0.5, 0.6) is 0 Å². The SMILES string of the molecule is CCOC(=O)N[C@H](O)C(Cl)(Cl)Cl. The van der Waals surface area contributed by atoms with Gasteiger partial charge in [-0.1, -0.05) is 34.8 Å². The third-order valence-corrected chi connectivity index (χ3v) is 1.46. The first-order valence-electron chi connectivity index (χ1n) is 3.06. The molecule has 4 nitrogen and oxygen atoms in total. The van der Waals surface area contributed by atoms with Crippen LogP contribution in [0.25, 0.3) is 0 Å². The average molecular weight is 236 g/mol. The highest BCUT2D eigenvalue weighted by atomic mass is 35.6. The smallest absolute Gasteiger partial charge is 0.409 e. The molecule has 12 heavy (non-hydrogen) atoms. The van der Waals surface area contributed by atoms with E-state index in [1.807, 2.05) is 5.32 Å². The number of carbonyl (C=O) groups excluding carboxylic acids is 1. The molecule has 0 aliphatic rings. The first kappa shape index (κ1) is 12.1. The molecule has 0 aromatic carbocycles. The molecule has 7 heteroatoms. The Kier molecular flexibility index (Phi) is 5.01. The summed E-state index contributed by atoms with van der Waals surface area (Å²) in [6.45, 7) is 1.79. The molecule has 1 atom stereocenters. The predicted molar refractivity (Wildman–Crippen MR) is 46.5 cm³/mol. The van der Waals surface area contributed by atoms with Crippen LogP contribution < -0.4 is 5.32 Å². The lowest BCUT2D eigenvalue weighted by Gasteiger charge is -2.19. The van der Waals surface area contributed by atoms with Crippen molar-refractivity contribution in [3.05, 3.63) is 0 Å². The second-order valence-electron chi connectivity index (χ2n) is 1.81. The Labute approximate surface area is 84.7 Å². The minimum absolute atomic E-state index is 0.179. The predicted octanol–water partition coefficient (Wildman–Crippen LogP) is 1.42. The van der Waals surface area contributed by atoms with Crippen molar-refractivity contribution in [1.82, 2.24) is 5.32 Å². The zero-order valence-electron chi connectivity index (χ0n) is 6.18. The van der Waals surface area contributed by atoms with Gasteiger partial charge in [0, 0.05) is 0 Å². The highest BCUT2D eigenvalue weighted by Gasteiger charge is 2.32. The van der Waals surface area contributed by atoms with E-state index in [4.69, 9.17) is 39.9 Å². The number of aliphatic hydroxyl groups excluding tert-OH is 1. The topological polar surface area (TPSA) is 58.6 Å². The van der Waals surface area contributed by atoms with Crippen LogP contribution in [0.1, 0.15) is 6.92 Å². The number of alkyl carbamates (subject to hydrolysis) is 1. The van der Waals surface area contributed by atoms with Crippen molar-refractivity contribution in [2.45, 2.75) is 16.9 Å². The molecular formula is C5H8Cl3NO3. The van der Waals surface area contributed by atoms with Gasteiger partial charge in [-0.3, -0.25) is 5.32 Å². The molecule has 0 saturated heterocycles. The molecule has 2 N–H and O–H groups in total. The minimum Gasteiger partial charge on any atom is -0.450 e. The molecule has 0 radical (unpaired) electrons. The van der Waals surface area contributed by atoms with E-state index in [2.05, 4.69) is 4.74 Å². The fourth-order valence-corrected chi connectivity index (χ4v) is 0.530. The first-order valence-corrected chi connectivity index (χ1v) is 4.19. The number of hydrogen-bond acceptors (Lipinski definition) is 3. The molecule has 0 aromatic heterocycles. The Morgan fingerprint density at radius 1 is 1.67 bits per heavy atom. The third kappa shape index (κ3) is 4.87. The molecule has 0 unspecified atom stereocenters. The normalized spacial score (nSPS) is 13.8. The van der Waals surface area contributed by atoms with Crippen LogP contribution in [0.15, 0.2) is 0 Å². The molecule has 0 fully saturated rings. The van der Waals surface area contributed by atoms with Gasteiger partial charge in [0.25, 0.3) is 0 Å². The summed E-state index contributed by atoms with van der Waals surface area (Å²) in [6.07, 6.45) is -2.42. The molecule has 1 amide bonds. The maximum absolute atomic E-state index is 10.6. The van der Waals surface area contributed by atoms with Gasteiger partial charge in [0.2, 0.25) is 3.79 Å². The van der Waals surface area contributed by atoms with Crippen LogP contribution in [0.3, 0.4) is 0 Å².